The van der Waals surface area contributed by atoms with Crippen molar-refractivity contribution < 1.29 is 23.5 Å². The fraction of sp³-hybridized carbons (Fsp3) is 0.154. The van der Waals surface area contributed by atoms with Gasteiger partial charge in [0.1, 0.15) is 23.0 Å². The van der Waals surface area contributed by atoms with Gasteiger partial charge in [-0.05, 0) is 55.8 Å². The summed E-state index contributed by atoms with van der Waals surface area (Å²) in [5.74, 6) is -0.453. The zero-order valence-electron chi connectivity index (χ0n) is 18.3. The first-order chi connectivity index (χ1) is 16.0. The van der Waals surface area contributed by atoms with Crippen LogP contribution in [0.4, 0.5) is 15.8 Å². The van der Waals surface area contributed by atoms with Gasteiger partial charge in [0.25, 0.3) is 11.8 Å². The van der Waals surface area contributed by atoms with Crippen LogP contribution in [0.25, 0.3) is 5.57 Å². The van der Waals surface area contributed by atoms with E-state index in [0.29, 0.717) is 41.7 Å². The van der Waals surface area contributed by atoms with Crippen molar-refractivity contribution in [1.29, 1.82) is 0 Å². The summed E-state index contributed by atoms with van der Waals surface area (Å²) >= 11 is 0. The minimum absolute atomic E-state index is 0.0894. The number of rotatable bonds is 8. The van der Waals surface area contributed by atoms with Crippen LogP contribution < -0.4 is 19.7 Å². The molecule has 1 aliphatic rings. The average molecular weight is 446 g/mol. The van der Waals surface area contributed by atoms with Crippen LogP contribution in [-0.4, -0.2) is 25.0 Å². The molecule has 0 saturated carbocycles. The number of nitrogens with one attached hydrogen (secondary N) is 1. The number of benzene rings is 3. The highest BCUT2D eigenvalue weighted by Gasteiger charge is 2.41. The van der Waals surface area contributed by atoms with E-state index in [1.807, 2.05) is 13.8 Å². The Hall–Kier alpha value is -4.13. The summed E-state index contributed by atoms with van der Waals surface area (Å²) in [5, 5.41) is 3.09. The number of ether oxygens (including phenoxy) is 2. The lowest BCUT2D eigenvalue weighted by Gasteiger charge is -2.19. The van der Waals surface area contributed by atoms with Gasteiger partial charge in [0.2, 0.25) is 0 Å². The van der Waals surface area contributed by atoms with Crippen LogP contribution in [0, 0.1) is 5.82 Å². The fourth-order valence-corrected chi connectivity index (χ4v) is 3.64. The van der Waals surface area contributed by atoms with Crippen molar-refractivity contribution in [2.24, 2.45) is 0 Å². The van der Waals surface area contributed by atoms with Crippen LogP contribution in [0.3, 0.4) is 0 Å². The minimum atomic E-state index is -0.534. The van der Waals surface area contributed by atoms with E-state index < -0.39 is 17.6 Å². The van der Waals surface area contributed by atoms with Crippen LogP contribution in [0.1, 0.15) is 19.4 Å². The van der Waals surface area contributed by atoms with Crippen molar-refractivity contribution in [3.8, 4) is 11.5 Å². The number of imide groups is 1. The summed E-state index contributed by atoms with van der Waals surface area (Å²) < 4.78 is 24.8. The lowest BCUT2D eigenvalue weighted by atomic mass is 10.0. The molecule has 168 valence electrons. The molecule has 33 heavy (non-hydrogen) atoms. The molecule has 7 heteroatoms. The maximum absolute atomic E-state index is 13.6. The largest absolute Gasteiger partial charge is 0.494 e. The fourth-order valence-electron chi connectivity index (χ4n) is 3.64. The first-order valence-electron chi connectivity index (χ1n) is 10.6. The van der Waals surface area contributed by atoms with Crippen LogP contribution in [0.2, 0.25) is 0 Å². The molecule has 0 fully saturated rings. The molecule has 1 N–H and O–H groups in total. The Balaban J connectivity index is 1.80. The van der Waals surface area contributed by atoms with E-state index in [4.69, 9.17) is 9.47 Å². The minimum Gasteiger partial charge on any atom is -0.494 e. The second-order valence-corrected chi connectivity index (χ2v) is 7.19. The molecule has 0 unspecified atom stereocenters. The highest BCUT2D eigenvalue weighted by molar-refractivity contribution is 6.46. The normalized spacial score (nSPS) is 13.5. The molecule has 0 saturated heterocycles. The number of carbonyl (C=O) groups is 2. The van der Waals surface area contributed by atoms with E-state index in [1.165, 1.54) is 24.3 Å². The molecule has 6 nitrogen and oxygen atoms in total. The van der Waals surface area contributed by atoms with E-state index in [2.05, 4.69) is 5.32 Å². The Morgan fingerprint density at radius 3 is 2.30 bits per heavy atom. The van der Waals surface area contributed by atoms with Crippen molar-refractivity contribution in [2.45, 2.75) is 13.8 Å². The van der Waals surface area contributed by atoms with Crippen LogP contribution in [0.5, 0.6) is 11.5 Å². The molecule has 3 aromatic carbocycles. The van der Waals surface area contributed by atoms with Crippen molar-refractivity contribution in [1.82, 2.24) is 0 Å². The highest BCUT2D eigenvalue weighted by Crippen LogP contribution is 2.38. The molecular formula is C26H23FN2O4. The molecule has 0 spiro atoms. The van der Waals surface area contributed by atoms with Gasteiger partial charge >= 0.3 is 0 Å². The number of amides is 2. The van der Waals surface area contributed by atoms with Gasteiger partial charge in [0.05, 0.1) is 24.5 Å². The Morgan fingerprint density at radius 2 is 1.58 bits per heavy atom. The molecular weight excluding hydrogens is 423 g/mol. The van der Waals surface area contributed by atoms with Crippen LogP contribution in [-0.2, 0) is 9.59 Å². The van der Waals surface area contributed by atoms with Crippen molar-refractivity contribution in [3.05, 3.63) is 89.9 Å². The lowest BCUT2D eigenvalue weighted by molar-refractivity contribution is -0.120. The van der Waals surface area contributed by atoms with E-state index in [0.717, 1.165) is 4.90 Å². The molecule has 0 aliphatic carbocycles. The maximum Gasteiger partial charge on any atom is 0.282 e. The topological polar surface area (TPSA) is 67.9 Å². The molecule has 0 bridgehead atoms. The third kappa shape index (κ3) is 4.43. The molecule has 3 aromatic rings. The standard InChI is InChI=1S/C26H23FN2O4/c1-3-32-20-9-7-8-19(16-20)28-24-23(17-12-14-18(27)15-13-17)25(30)29(26(24)31)21-10-5-6-11-22(21)33-4-2/h5-16,28H,3-4H2,1-2H3. The monoisotopic (exact) mass is 446 g/mol. The number of nitrogens with zero attached hydrogens (tertiary/aromatic N) is 1. The average Bonchev–Trinajstić information content (AvgIpc) is 3.05. The number of hydrogen-bond acceptors (Lipinski definition) is 5. The van der Waals surface area contributed by atoms with E-state index in [1.54, 1.807) is 48.5 Å². The SMILES string of the molecule is CCOc1cccc(NC2=C(c3ccc(F)cc3)C(=O)N(c3ccccc3OCC)C2=O)c1. The molecule has 1 heterocycles. The number of halogens is 1. The zero-order chi connectivity index (χ0) is 23.4. The van der Waals surface area contributed by atoms with Crippen molar-refractivity contribution in [2.75, 3.05) is 23.4 Å². The van der Waals surface area contributed by atoms with Gasteiger partial charge in [-0.25, -0.2) is 9.29 Å². The molecule has 2 amide bonds. The van der Waals surface area contributed by atoms with Gasteiger partial charge in [-0.2, -0.15) is 0 Å². The van der Waals surface area contributed by atoms with Crippen LogP contribution >= 0.6 is 0 Å². The second kappa shape index (κ2) is 9.56. The molecule has 0 atom stereocenters. The summed E-state index contributed by atoms with van der Waals surface area (Å²) in [6.07, 6.45) is 0. The molecule has 0 radical (unpaired) electrons. The molecule has 1 aliphatic heterocycles. The third-order valence-corrected chi connectivity index (χ3v) is 5.04. The Kier molecular flexibility index (Phi) is 6.40. The summed E-state index contributed by atoms with van der Waals surface area (Å²) in [4.78, 5) is 28.2. The number of anilines is 2. The molecule has 4 rings (SSSR count). The second-order valence-electron chi connectivity index (χ2n) is 7.19. The Labute approximate surface area is 191 Å². The summed E-state index contributed by atoms with van der Waals surface area (Å²) in [5.41, 5.74) is 1.58. The van der Waals surface area contributed by atoms with Crippen molar-refractivity contribution in [3.63, 3.8) is 0 Å². The number of hydrogen-bond donors (Lipinski definition) is 1. The first kappa shape index (κ1) is 22.1. The lowest BCUT2D eigenvalue weighted by Crippen LogP contribution is -2.32. The number of carbonyl (C=O) groups excluding carboxylic acids is 2. The van der Waals surface area contributed by atoms with Gasteiger partial charge in [-0.15, -0.1) is 0 Å². The van der Waals surface area contributed by atoms with Gasteiger partial charge < -0.3 is 14.8 Å². The Bertz CT molecular complexity index is 1220. The number of para-hydroxylation sites is 2. The third-order valence-electron chi connectivity index (χ3n) is 5.04. The van der Waals surface area contributed by atoms with Crippen molar-refractivity contribution >= 4 is 28.8 Å². The molecule has 0 aromatic heterocycles. The van der Waals surface area contributed by atoms with Gasteiger partial charge in [-0.3, -0.25) is 9.59 Å². The van der Waals surface area contributed by atoms with E-state index in [9.17, 15) is 14.0 Å². The van der Waals surface area contributed by atoms with Gasteiger partial charge in [0.15, 0.2) is 0 Å². The predicted molar refractivity (Wildman–Crippen MR) is 125 cm³/mol. The van der Waals surface area contributed by atoms with Gasteiger partial charge in [0, 0.05) is 11.8 Å². The van der Waals surface area contributed by atoms with Gasteiger partial charge in [-0.1, -0.05) is 30.3 Å². The summed E-state index contributed by atoms with van der Waals surface area (Å²) in [6.45, 7) is 4.57. The smallest absolute Gasteiger partial charge is 0.282 e. The first-order valence-corrected chi connectivity index (χ1v) is 10.6. The highest BCUT2D eigenvalue weighted by atomic mass is 19.1. The maximum atomic E-state index is 13.6. The van der Waals surface area contributed by atoms with E-state index in [-0.39, 0.29) is 11.3 Å². The summed E-state index contributed by atoms with van der Waals surface area (Å²) in [7, 11) is 0. The Morgan fingerprint density at radius 1 is 0.848 bits per heavy atom. The quantitative estimate of drug-likeness (QED) is 0.492. The van der Waals surface area contributed by atoms with E-state index >= 15 is 0 Å². The summed E-state index contributed by atoms with van der Waals surface area (Å²) in [6, 6.07) is 19.4. The predicted octanol–water partition coefficient (Wildman–Crippen LogP) is 5.02. The van der Waals surface area contributed by atoms with Crippen LogP contribution in [0.15, 0.2) is 78.5 Å². The zero-order valence-corrected chi connectivity index (χ0v) is 18.3.